The van der Waals surface area contributed by atoms with Crippen LogP contribution in [0.25, 0.3) is 0 Å². The van der Waals surface area contributed by atoms with Gasteiger partial charge in [-0.25, -0.2) is 4.79 Å². The Morgan fingerprint density at radius 3 is 2.19 bits per heavy atom. The number of carboxylic acids is 1. The highest BCUT2D eigenvalue weighted by Crippen LogP contribution is 2.68. The number of nitrogens with one attached hydrogen (secondary N) is 1. The fraction of sp³-hybridized carbons (Fsp3) is 0.500. The van der Waals surface area contributed by atoms with E-state index in [2.05, 4.69) is 33.0 Å². The number of benzene rings is 1. The Morgan fingerprint density at radius 1 is 1.19 bits per heavy atom. The lowest BCUT2D eigenvalue weighted by Gasteiger charge is -2.11. The SMILES string of the molecule is COc1ccc(C(=O)O)cc1NC(=O)C1C(C)(C)C1(C)C. The number of hydrogen-bond donors (Lipinski definition) is 2. The van der Waals surface area contributed by atoms with Crippen LogP contribution >= 0.6 is 0 Å². The molecule has 114 valence electrons. The maximum absolute atomic E-state index is 12.4. The van der Waals surface area contributed by atoms with Gasteiger partial charge in [-0.3, -0.25) is 4.79 Å². The number of carbonyl (C=O) groups is 2. The Hall–Kier alpha value is -2.04. The summed E-state index contributed by atoms with van der Waals surface area (Å²) in [5.74, 6) is -0.807. The van der Waals surface area contributed by atoms with Crippen LogP contribution in [0.2, 0.25) is 0 Å². The zero-order chi connectivity index (χ0) is 16.0. The highest BCUT2D eigenvalue weighted by Gasteiger charge is 2.68. The number of aromatic carboxylic acids is 1. The van der Waals surface area contributed by atoms with Gasteiger partial charge in [0.1, 0.15) is 5.75 Å². The monoisotopic (exact) mass is 291 g/mol. The Labute approximate surface area is 124 Å². The molecule has 21 heavy (non-hydrogen) atoms. The second-order valence-corrected chi connectivity index (χ2v) is 6.59. The average molecular weight is 291 g/mol. The minimum absolute atomic E-state index is 0.0747. The summed E-state index contributed by atoms with van der Waals surface area (Å²) in [6.07, 6.45) is 0. The molecule has 1 aliphatic rings. The van der Waals surface area contributed by atoms with Crippen LogP contribution in [-0.4, -0.2) is 24.1 Å². The summed E-state index contributed by atoms with van der Waals surface area (Å²) in [5.41, 5.74) is 0.352. The first-order valence-corrected chi connectivity index (χ1v) is 6.85. The summed E-state index contributed by atoms with van der Waals surface area (Å²) < 4.78 is 5.18. The first-order chi connectivity index (χ1) is 9.62. The van der Waals surface area contributed by atoms with Crippen molar-refractivity contribution in [3.63, 3.8) is 0 Å². The molecule has 1 fully saturated rings. The molecule has 2 rings (SSSR count). The quantitative estimate of drug-likeness (QED) is 0.894. The summed E-state index contributed by atoms with van der Waals surface area (Å²) in [5, 5.41) is 11.8. The van der Waals surface area contributed by atoms with E-state index in [4.69, 9.17) is 9.84 Å². The van der Waals surface area contributed by atoms with Gasteiger partial charge in [0, 0.05) is 5.92 Å². The van der Waals surface area contributed by atoms with Gasteiger partial charge in [0.25, 0.3) is 0 Å². The summed E-state index contributed by atoms with van der Waals surface area (Å²) in [6, 6.07) is 4.41. The molecule has 0 unspecified atom stereocenters. The molecule has 2 N–H and O–H groups in total. The van der Waals surface area contributed by atoms with Gasteiger partial charge in [0.2, 0.25) is 5.91 Å². The smallest absolute Gasteiger partial charge is 0.335 e. The van der Waals surface area contributed by atoms with Crippen LogP contribution in [0.4, 0.5) is 5.69 Å². The van der Waals surface area contributed by atoms with E-state index in [0.717, 1.165) is 0 Å². The minimum Gasteiger partial charge on any atom is -0.495 e. The van der Waals surface area contributed by atoms with Crippen molar-refractivity contribution in [3.05, 3.63) is 23.8 Å². The Morgan fingerprint density at radius 2 is 1.76 bits per heavy atom. The lowest BCUT2D eigenvalue weighted by molar-refractivity contribution is -0.118. The van der Waals surface area contributed by atoms with E-state index in [-0.39, 0.29) is 28.2 Å². The first-order valence-electron chi connectivity index (χ1n) is 6.85. The highest BCUT2D eigenvalue weighted by atomic mass is 16.5. The number of hydrogen-bond acceptors (Lipinski definition) is 3. The van der Waals surface area contributed by atoms with Crippen molar-refractivity contribution in [2.24, 2.45) is 16.7 Å². The third kappa shape index (κ3) is 2.37. The average Bonchev–Trinajstić information content (AvgIpc) is 2.79. The van der Waals surface area contributed by atoms with Gasteiger partial charge in [-0.05, 0) is 29.0 Å². The van der Waals surface area contributed by atoms with Gasteiger partial charge in [-0.2, -0.15) is 0 Å². The number of methoxy groups -OCH3 is 1. The van der Waals surface area contributed by atoms with Crippen molar-refractivity contribution < 1.29 is 19.4 Å². The molecular weight excluding hydrogens is 270 g/mol. The fourth-order valence-corrected chi connectivity index (χ4v) is 3.00. The number of anilines is 1. The molecule has 0 heterocycles. The number of carbonyl (C=O) groups excluding carboxylic acids is 1. The topological polar surface area (TPSA) is 75.6 Å². The molecule has 0 bridgehead atoms. The van der Waals surface area contributed by atoms with Crippen molar-refractivity contribution in [3.8, 4) is 5.75 Å². The molecule has 1 saturated carbocycles. The van der Waals surface area contributed by atoms with E-state index in [9.17, 15) is 9.59 Å². The Kier molecular flexibility index (Phi) is 3.48. The van der Waals surface area contributed by atoms with E-state index < -0.39 is 5.97 Å². The maximum Gasteiger partial charge on any atom is 0.335 e. The van der Waals surface area contributed by atoms with E-state index in [1.54, 1.807) is 6.07 Å². The van der Waals surface area contributed by atoms with Gasteiger partial charge in [-0.1, -0.05) is 27.7 Å². The Bertz CT molecular complexity index is 590. The second kappa shape index (κ2) is 4.76. The molecule has 0 aliphatic heterocycles. The second-order valence-electron chi connectivity index (χ2n) is 6.59. The predicted molar refractivity (Wildman–Crippen MR) is 79.6 cm³/mol. The summed E-state index contributed by atoms with van der Waals surface area (Å²) in [7, 11) is 1.48. The number of amides is 1. The molecule has 0 saturated heterocycles. The summed E-state index contributed by atoms with van der Waals surface area (Å²) >= 11 is 0. The molecule has 1 aromatic rings. The third-order valence-corrected chi connectivity index (χ3v) is 4.99. The van der Waals surface area contributed by atoms with Gasteiger partial charge >= 0.3 is 5.97 Å². The molecule has 1 aromatic carbocycles. The van der Waals surface area contributed by atoms with E-state index in [1.165, 1.54) is 19.2 Å². The maximum atomic E-state index is 12.4. The highest BCUT2D eigenvalue weighted by molar-refractivity contribution is 5.99. The van der Waals surface area contributed by atoms with Crippen molar-refractivity contribution in [2.45, 2.75) is 27.7 Å². The largest absolute Gasteiger partial charge is 0.495 e. The van der Waals surface area contributed by atoms with Crippen LogP contribution in [0.1, 0.15) is 38.1 Å². The summed E-state index contributed by atoms with van der Waals surface area (Å²) in [6.45, 7) is 8.23. The van der Waals surface area contributed by atoms with Crippen LogP contribution in [0.15, 0.2) is 18.2 Å². The molecule has 1 aliphatic carbocycles. The molecule has 0 radical (unpaired) electrons. The zero-order valence-electron chi connectivity index (χ0n) is 13.0. The predicted octanol–water partition coefficient (Wildman–Crippen LogP) is 3.01. The van der Waals surface area contributed by atoms with Gasteiger partial charge in [0.05, 0.1) is 18.4 Å². The molecule has 5 heteroatoms. The van der Waals surface area contributed by atoms with Gasteiger partial charge < -0.3 is 15.2 Å². The normalized spacial score (nSPS) is 18.9. The van der Waals surface area contributed by atoms with Crippen LogP contribution < -0.4 is 10.1 Å². The third-order valence-electron chi connectivity index (χ3n) is 4.99. The van der Waals surface area contributed by atoms with Crippen molar-refractivity contribution in [1.29, 1.82) is 0 Å². The fourth-order valence-electron chi connectivity index (χ4n) is 3.00. The van der Waals surface area contributed by atoms with Gasteiger partial charge in [-0.15, -0.1) is 0 Å². The zero-order valence-corrected chi connectivity index (χ0v) is 13.0. The number of rotatable bonds is 4. The molecule has 0 spiro atoms. The Balaban J connectivity index is 2.25. The van der Waals surface area contributed by atoms with Crippen molar-refractivity contribution in [2.75, 3.05) is 12.4 Å². The van der Waals surface area contributed by atoms with Gasteiger partial charge in [0.15, 0.2) is 0 Å². The lowest BCUT2D eigenvalue weighted by Crippen LogP contribution is -2.18. The molecule has 0 atom stereocenters. The lowest BCUT2D eigenvalue weighted by atomic mass is 10.0. The van der Waals surface area contributed by atoms with Crippen LogP contribution in [-0.2, 0) is 4.79 Å². The number of ether oxygens (including phenoxy) is 1. The van der Waals surface area contributed by atoms with E-state index >= 15 is 0 Å². The van der Waals surface area contributed by atoms with Crippen molar-refractivity contribution in [1.82, 2.24) is 0 Å². The van der Waals surface area contributed by atoms with Crippen LogP contribution in [0.5, 0.6) is 5.75 Å². The summed E-state index contributed by atoms with van der Waals surface area (Å²) in [4.78, 5) is 23.5. The van der Waals surface area contributed by atoms with E-state index in [1.807, 2.05) is 0 Å². The van der Waals surface area contributed by atoms with Crippen LogP contribution in [0.3, 0.4) is 0 Å². The molecule has 5 nitrogen and oxygen atoms in total. The molecule has 0 aromatic heterocycles. The standard InChI is InChI=1S/C16H21NO4/c1-15(2)12(16(15,3)4)13(18)17-10-8-9(14(19)20)6-7-11(10)21-5/h6-8,12H,1-5H3,(H,17,18)(H,19,20). The first kappa shape index (κ1) is 15.4. The minimum atomic E-state index is -1.04. The van der Waals surface area contributed by atoms with Crippen molar-refractivity contribution >= 4 is 17.6 Å². The molecular formula is C16H21NO4. The van der Waals surface area contributed by atoms with E-state index in [0.29, 0.717) is 11.4 Å². The van der Waals surface area contributed by atoms with Crippen LogP contribution in [0, 0.1) is 16.7 Å². The molecule has 1 amide bonds. The number of carboxylic acid groups (broad SMARTS) is 1.